The third-order valence-corrected chi connectivity index (χ3v) is 2.53. The first-order valence-electron chi connectivity index (χ1n) is 5.41. The number of hydrogen-bond donors (Lipinski definition) is 1. The molecule has 1 rings (SSSR count). The summed E-state index contributed by atoms with van der Waals surface area (Å²) in [5.74, 6) is 0. The minimum absolute atomic E-state index is 0.264. The van der Waals surface area contributed by atoms with Crippen LogP contribution in [0.5, 0.6) is 0 Å². The summed E-state index contributed by atoms with van der Waals surface area (Å²) in [5, 5.41) is 0. The van der Waals surface area contributed by atoms with Crippen LogP contribution >= 0.6 is 0 Å². The molecule has 0 aliphatic rings. The van der Waals surface area contributed by atoms with Crippen LogP contribution in [0.1, 0.15) is 19.4 Å². The van der Waals surface area contributed by atoms with E-state index in [1.165, 1.54) is 4.90 Å². The van der Waals surface area contributed by atoms with Gasteiger partial charge in [0.05, 0.1) is 11.4 Å². The Labute approximate surface area is 99.2 Å². The number of nitrogens with two attached hydrogens (primary N) is 1. The molecule has 0 radical (unpaired) electrons. The number of halogens is 3. The second-order valence-corrected chi connectivity index (χ2v) is 4.35. The average Bonchev–Trinajstić information content (AvgIpc) is 2.13. The number of nitrogens with zero attached hydrogens (tertiary/aromatic N) is 1. The fraction of sp³-hybridized carbons (Fsp3) is 0.500. The summed E-state index contributed by atoms with van der Waals surface area (Å²) in [6.45, 7) is 4.21. The molecule has 0 saturated carbocycles. The number of benzene rings is 1. The number of alkyl halides is 3. The molecule has 96 valence electrons. The van der Waals surface area contributed by atoms with E-state index in [1.807, 2.05) is 0 Å². The van der Waals surface area contributed by atoms with Crippen LogP contribution < -0.4 is 10.6 Å². The van der Waals surface area contributed by atoms with Crippen molar-refractivity contribution < 1.29 is 13.2 Å². The van der Waals surface area contributed by atoms with Gasteiger partial charge in [-0.15, -0.1) is 0 Å². The van der Waals surface area contributed by atoms with Crippen LogP contribution in [0.3, 0.4) is 0 Å². The summed E-state index contributed by atoms with van der Waals surface area (Å²) < 4.78 is 37.6. The maximum absolute atomic E-state index is 12.5. The van der Waals surface area contributed by atoms with Crippen LogP contribution in [-0.4, -0.2) is 18.8 Å². The fourth-order valence-corrected chi connectivity index (χ4v) is 1.79. The molecule has 0 unspecified atom stereocenters. The van der Waals surface area contributed by atoms with Crippen molar-refractivity contribution >= 4 is 11.4 Å². The van der Waals surface area contributed by atoms with E-state index in [2.05, 4.69) is 0 Å². The quantitative estimate of drug-likeness (QED) is 0.829. The van der Waals surface area contributed by atoms with Gasteiger partial charge < -0.3 is 10.6 Å². The average molecular weight is 246 g/mol. The van der Waals surface area contributed by atoms with Gasteiger partial charge in [0.15, 0.2) is 0 Å². The van der Waals surface area contributed by atoms with E-state index < -0.39 is 12.7 Å². The molecule has 0 aliphatic carbocycles. The van der Waals surface area contributed by atoms with Gasteiger partial charge >= 0.3 is 6.18 Å². The lowest BCUT2D eigenvalue weighted by Gasteiger charge is -2.32. The van der Waals surface area contributed by atoms with Crippen LogP contribution in [0, 0.1) is 6.92 Å². The largest absolute Gasteiger partial charge is 0.405 e. The van der Waals surface area contributed by atoms with E-state index >= 15 is 0 Å². The molecule has 0 bridgehead atoms. The van der Waals surface area contributed by atoms with Gasteiger partial charge in [0, 0.05) is 6.04 Å². The minimum atomic E-state index is -4.24. The van der Waals surface area contributed by atoms with Gasteiger partial charge in [0.25, 0.3) is 0 Å². The lowest BCUT2D eigenvalue weighted by Crippen LogP contribution is -2.40. The number of anilines is 2. The minimum Gasteiger partial charge on any atom is -0.397 e. The summed E-state index contributed by atoms with van der Waals surface area (Å²) in [5.41, 5.74) is 7.37. The van der Waals surface area contributed by atoms with Gasteiger partial charge in [-0.1, -0.05) is 12.1 Å². The Morgan fingerprint density at radius 3 is 2.29 bits per heavy atom. The number of nitrogen functional groups attached to an aromatic ring is 1. The first-order valence-corrected chi connectivity index (χ1v) is 5.41. The molecule has 0 aromatic heterocycles. The van der Waals surface area contributed by atoms with Crippen molar-refractivity contribution in [3.8, 4) is 0 Å². The number of hydrogen-bond acceptors (Lipinski definition) is 2. The van der Waals surface area contributed by atoms with Crippen molar-refractivity contribution in [2.24, 2.45) is 0 Å². The highest BCUT2D eigenvalue weighted by Crippen LogP contribution is 2.31. The van der Waals surface area contributed by atoms with E-state index in [4.69, 9.17) is 5.73 Å². The monoisotopic (exact) mass is 246 g/mol. The number of aryl methyl sites for hydroxylation is 1. The molecule has 0 heterocycles. The van der Waals surface area contributed by atoms with Gasteiger partial charge in [-0.3, -0.25) is 0 Å². The van der Waals surface area contributed by atoms with Crippen LogP contribution in [0.2, 0.25) is 0 Å². The maximum Gasteiger partial charge on any atom is 0.405 e. The maximum atomic E-state index is 12.5. The van der Waals surface area contributed by atoms with E-state index in [9.17, 15) is 13.2 Å². The molecule has 17 heavy (non-hydrogen) atoms. The smallest absolute Gasteiger partial charge is 0.397 e. The lowest BCUT2D eigenvalue weighted by molar-refractivity contribution is -0.120. The fourth-order valence-electron chi connectivity index (χ4n) is 1.79. The Hall–Kier alpha value is -1.39. The van der Waals surface area contributed by atoms with E-state index in [0.717, 1.165) is 5.56 Å². The Kier molecular flexibility index (Phi) is 3.91. The highest BCUT2D eigenvalue weighted by molar-refractivity contribution is 5.71. The van der Waals surface area contributed by atoms with E-state index in [1.54, 1.807) is 39.0 Å². The van der Waals surface area contributed by atoms with Crippen molar-refractivity contribution in [1.82, 2.24) is 0 Å². The molecule has 1 aromatic rings. The van der Waals surface area contributed by atoms with Crippen molar-refractivity contribution in [2.45, 2.75) is 33.0 Å². The Morgan fingerprint density at radius 2 is 1.88 bits per heavy atom. The zero-order valence-electron chi connectivity index (χ0n) is 10.2. The molecule has 5 heteroatoms. The number of para-hydroxylation sites is 1. The van der Waals surface area contributed by atoms with Crippen LogP contribution in [-0.2, 0) is 0 Å². The van der Waals surface area contributed by atoms with Gasteiger partial charge in [-0.05, 0) is 32.4 Å². The highest BCUT2D eigenvalue weighted by Gasteiger charge is 2.33. The molecule has 0 amide bonds. The molecular formula is C12H17F3N2. The van der Waals surface area contributed by atoms with E-state index in [0.29, 0.717) is 11.4 Å². The Balaban J connectivity index is 3.15. The molecule has 2 N–H and O–H groups in total. The third kappa shape index (κ3) is 3.54. The summed E-state index contributed by atoms with van der Waals surface area (Å²) in [6.07, 6.45) is -4.24. The van der Waals surface area contributed by atoms with Crippen LogP contribution in [0.4, 0.5) is 24.5 Å². The second-order valence-electron chi connectivity index (χ2n) is 4.35. The Morgan fingerprint density at radius 1 is 1.29 bits per heavy atom. The second kappa shape index (κ2) is 4.85. The van der Waals surface area contributed by atoms with Crippen LogP contribution in [0.15, 0.2) is 18.2 Å². The van der Waals surface area contributed by atoms with Gasteiger partial charge in [-0.25, -0.2) is 0 Å². The molecule has 1 aromatic carbocycles. The molecular weight excluding hydrogens is 229 g/mol. The van der Waals surface area contributed by atoms with E-state index in [-0.39, 0.29) is 6.04 Å². The number of rotatable bonds is 3. The van der Waals surface area contributed by atoms with Crippen LogP contribution in [0.25, 0.3) is 0 Å². The first-order chi connectivity index (χ1) is 7.72. The van der Waals surface area contributed by atoms with Crippen molar-refractivity contribution in [3.63, 3.8) is 0 Å². The van der Waals surface area contributed by atoms with Crippen molar-refractivity contribution in [3.05, 3.63) is 23.8 Å². The Bertz CT molecular complexity index is 366. The lowest BCUT2D eigenvalue weighted by atomic mass is 10.1. The van der Waals surface area contributed by atoms with Crippen molar-refractivity contribution in [1.29, 1.82) is 0 Å². The summed E-state index contributed by atoms with van der Waals surface area (Å²) in [6, 6.07) is 4.85. The highest BCUT2D eigenvalue weighted by atomic mass is 19.4. The third-order valence-electron chi connectivity index (χ3n) is 2.53. The van der Waals surface area contributed by atoms with Crippen molar-refractivity contribution in [2.75, 3.05) is 17.2 Å². The summed E-state index contributed by atoms with van der Waals surface area (Å²) in [7, 11) is 0. The molecule has 2 nitrogen and oxygen atoms in total. The predicted molar refractivity (Wildman–Crippen MR) is 64.1 cm³/mol. The predicted octanol–water partition coefficient (Wildman–Crippen LogP) is 3.35. The zero-order chi connectivity index (χ0) is 13.2. The molecule has 0 aliphatic heterocycles. The molecule has 0 saturated heterocycles. The normalized spacial score (nSPS) is 11.9. The molecule has 0 atom stereocenters. The summed E-state index contributed by atoms with van der Waals surface area (Å²) >= 11 is 0. The molecule has 0 spiro atoms. The first kappa shape index (κ1) is 13.7. The zero-order valence-corrected chi connectivity index (χ0v) is 10.2. The standard InChI is InChI=1S/C12H17F3N2/c1-8(2)17(7-12(13,14)15)11-9(3)5-4-6-10(11)16/h4-6,8H,7,16H2,1-3H3. The van der Waals surface area contributed by atoms with Gasteiger partial charge in [-0.2, -0.15) is 13.2 Å². The topological polar surface area (TPSA) is 29.3 Å². The van der Waals surface area contributed by atoms with Gasteiger partial charge in [0.1, 0.15) is 6.54 Å². The molecule has 0 fully saturated rings. The van der Waals surface area contributed by atoms with Gasteiger partial charge in [0.2, 0.25) is 0 Å². The SMILES string of the molecule is Cc1cccc(N)c1N(CC(F)(F)F)C(C)C. The summed E-state index contributed by atoms with van der Waals surface area (Å²) in [4.78, 5) is 1.28.